The Hall–Kier alpha value is 0. The summed E-state index contributed by atoms with van der Waals surface area (Å²) in [6.07, 6.45) is 5.59. The molecule has 0 spiro atoms. The number of rotatable bonds is 4. The Morgan fingerprint density at radius 2 is 1.47 bits per heavy atom. The molecule has 0 heteroatoms. The lowest BCUT2D eigenvalue weighted by Crippen LogP contribution is -2.82. The summed E-state index contributed by atoms with van der Waals surface area (Å²) in [6.45, 7) is 34.6. The van der Waals surface area contributed by atoms with Crippen LogP contribution in [0.1, 0.15) is 116 Å². The average molecular weight is 415 g/mol. The lowest BCUT2D eigenvalue weighted by molar-refractivity contribution is -0.401. The van der Waals surface area contributed by atoms with Crippen molar-refractivity contribution < 1.29 is 0 Å². The third-order valence-electron chi connectivity index (χ3n) is 14.1. The van der Waals surface area contributed by atoms with Crippen LogP contribution in [0.4, 0.5) is 0 Å². The average Bonchev–Trinajstić information content (AvgIpc) is 2.81. The quantitative estimate of drug-likeness (QED) is 0.430. The molecule has 4 saturated carbocycles. The van der Waals surface area contributed by atoms with Crippen molar-refractivity contribution in [2.45, 2.75) is 116 Å². The highest BCUT2D eigenvalue weighted by molar-refractivity contribution is 5.36. The van der Waals surface area contributed by atoms with Gasteiger partial charge in [-0.1, -0.05) is 103 Å². The maximum absolute atomic E-state index is 2.84. The minimum atomic E-state index is 0.358. The Labute approximate surface area is 189 Å². The van der Waals surface area contributed by atoms with Crippen LogP contribution in [0.2, 0.25) is 0 Å². The molecule has 0 amide bonds. The van der Waals surface area contributed by atoms with Crippen molar-refractivity contribution in [3.05, 3.63) is 0 Å². The van der Waals surface area contributed by atoms with E-state index in [1.807, 2.05) is 0 Å². The number of fused-ring (bicyclic) bond motifs is 2. The molecule has 4 fully saturated rings. The van der Waals surface area contributed by atoms with Crippen molar-refractivity contribution in [1.29, 1.82) is 0 Å². The second-order valence-electron chi connectivity index (χ2n) is 14.9. The summed E-state index contributed by atoms with van der Waals surface area (Å²) in [4.78, 5) is 0. The molecule has 0 aromatic heterocycles. The van der Waals surface area contributed by atoms with Crippen LogP contribution in [0.25, 0.3) is 0 Å². The SMILES string of the molecule is CCC(C)C12C(C)C3CC(C)(CC(C)C4C(C)C(C(C)(C)CC)C(C)(C)C41C)C32C. The van der Waals surface area contributed by atoms with Crippen LogP contribution in [-0.2, 0) is 0 Å². The monoisotopic (exact) mass is 414 g/mol. The van der Waals surface area contributed by atoms with Crippen LogP contribution in [-0.4, -0.2) is 0 Å². The molecular weight excluding hydrogens is 360 g/mol. The fraction of sp³-hybridized carbons (Fsp3) is 1.00. The van der Waals surface area contributed by atoms with Crippen LogP contribution in [0, 0.1) is 73.9 Å². The molecule has 4 aliphatic rings. The summed E-state index contributed by atoms with van der Waals surface area (Å²) in [5, 5.41) is 0. The van der Waals surface area contributed by atoms with Crippen molar-refractivity contribution in [2.75, 3.05) is 0 Å². The fourth-order valence-electron chi connectivity index (χ4n) is 13.3. The number of hydrogen-bond donors (Lipinski definition) is 0. The summed E-state index contributed by atoms with van der Waals surface area (Å²) in [6, 6.07) is 0. The molecule has 0 N–H and O–H groups in total. The van der Waals surface area contributed by atoms with Crippen molar-refractivity contribution >= 4 is 0 Å². The lowest BCUT2D eigenvalue weighted by atomic mass is 9.17. The Balaban J connectivity index is 2.05. The predicted octanol–water partition coefficient (Wildman–Crippen LogP) is 9.09. The minimum absolute atomic E-state index is 0.358. The van der Waals surface area contributed by atoms with Gasteiger partial charge in [0.1, 0.15) is 0 Å². The Bertz CT molecular complexity index is 710. The van der Waals surface area contributed by atoms with Crippen molar-refractivity contribution in [3.8, 4) is 0 Å². The summed E-state index contributed by atoms with van der Waals surface area (Å²) in [7, 11) is 0. The van der Waals surface area contributed by atoms with E-state index in [0.717, 1.165) is 41.4 Å². The molecule has 4 rings (SSSR count). The van der Waals surface area contributed by atoms with Crippen molar-refractivity contribution in [1.82, 2.24) is 0 Å². The van der Waals surface area contributed by atoms with Gasteiger partial charge in [0.05, 0.1) is 0 Å². The normalized spacial score (nSPS) is 57.5. The molecule has 0 saturated heterocycles. The highest BCUT2D eigenvalue weighted by Crippen LogP contribution is 2.94. The molecule has 30 heavy (non-hydrogen) atoms. The van der Waals surface area contributed by atoms with Crippen LogP contribution >= 0.6 is 0 Å². The van der Waals surface area contributed by atoms with Gasteiger partial charge in [-0.15, -0.1) is 0 Å². The molecule has 11 unspecified atom stereocenters. The molecule has 0 nitrogen and oxygen atoms in total. The molecule has 0 aromatic rings. The van der Waals surface area contributed by atoms with E-state index in [2.05, 4.69) is 90.0 Å². The van der Waals surface area contributed by atoms with Gasteiger partial charge < -0.3 is 0 Å². The molecule has 0 bridgehead atoms. The molecule has 0 aromatic carbocycles. The first-order valence-electron chi connectivity index (χ1n) is 13.6. The second kappa shape index (κ2) is 6.11. The van der Waals surface area contributed by atoms with E-state index in [1.54, 1.807) is 0 Å². The van der Waals surface area contributed by atoms with E-state index in [1.165, 1.54) is 25.7 Å². The van der Waals surface area contributed by atoms with E-state index in [9.17, 15) is 0 Å². The largest absolute Gasteiger partial charge is 0.0651 e. The highest BCUT2D eigenvalue weighted by atomic mass is 14.9. The minimum Gasteiger partial charge on any atom is -0.0651 e. The number of hydrogen-bond acceptors (Lipinski definition) is 0. The smallest absolute Gasteiger partial charge is 0.0120 e. The summed E-state index contributed by atoms with van der Waals surface area (Å²) in [5.41, 5.74) is 2.70. The van der Waals surface area contributed by atoms with Gasteiger partial charge in [-0.25, -0.2) is 0 Å². The molecule has 0 aliphatic heterocycles. The molecule has 0 radical (unpaired) electrons. The van der Waals surface area contributed by atoms with Gasteiger partial charge in [0, 0.05) is 0 Å². The molecule has 11 atom stereocenters. The van der Waals surface area contributed by atoms with Gasteiger partial charge in [-0.3, -0.25) is 0 Å². The van der Waals surface area contributed by atoms with Gasteiger partial charge in [-0.05, 0) is 86.8 Å². The second-order valence-corrected chi connectivity index (χ2v) is 14.9. The van der Waals surface area contributed by atoms with Gasteiger partial charge in [0.2, 0.25) is 0 Å². The Morgan fingerprint density at radius 1 is 0.900 bits per heavy atom. The first-order chi connectivity index (χ1) is 13.6. The summed E-state index contributed by atoms with van der Waals surface area (Å²) >= 11 is 0. The van der Waals surface area contributed by atoms with E-state index >= 15 is 0 Å². The Morgan fingerprint density at radius 3 is 1.97 bits per heavy atom. The molecule has 174 valence electrons. The highest BCUT2D eigenvalue weighted by Gasteiger charge is 2.89. The summed E-state index contributed by atoms with van der Waals surface area (Å²) < 4.78 is 0. The van der Waals surface area contributed by atoms with Crippen LogP contribution in [0.15, 0.2) is 0 Å². The predicted molar refractivity (Wildman–Crippen MR) is 131 cm³/mol. The first kappa shape index (κ1) is 23.2. The molecule has 4 aliphatic carbocycles. The van der Waals surface area contributed by atoms with Crippen LogP contribution in [0.5, 0.6) is 0 Å². The van der Waals surface area contributed by atoms with Gasteiger partial charge >= 0.3 is 0 Å². The van der Waals surface area contributed by atoms with E-state index in [-0.39, 0.29) is 0 Å². The standard InChI is InChI=1S/C30H54/c1-14-19(4)30-21(6)22-17-27(11,28(22,30)12)16-18(3)23-20(5)24(25(7,8)15-2)26(9,10)29(23,30)13/h18-24H,14-17H2,1-13H3. The third kappa shape index (κ3) is 1.92. The van der Waals surface area contributed by atoms with Gasteiger partial charge in [-0.2, -0.15) is 0 Å². The summed E-state index contributed by atoms with van der Waals surface area (Å²) in [5.74, 6) is 5.94. The zero-order valence-electron chi connectivity index (χ0n) is 22.9. The maximum atomic E-state index is 2.84. The van der Waals surface area contributed by atoms with Crippen molar-refractivity contribution in [2.24, 2.45) is 73.9 Å². The van der Waals surface area contributed by atoms with E-state index in [4.69, 9.17) is 0 Å². The fourth-order valence-corrected chi connectivity index (χ4v) is 13.3. The molecular formula is C30H54. The maximum Gasteiger partial charge on any atom is -0.0120 e. The Kier molecular flexibility index (Phi) is 4.72. The van der Waals surface area contributed by atoms with Gasteiger partial charge in [0.15, 0.2) is 0 Å². The van der Waals surface area contributed by atoms with Crippen molar-refractivity contribution in [3.63, 3.8) is 0 Å². The van der Waals surface area contributed by atoms with Gasteiger partial charge in [0.25, 0.3) is 0 Å². The molecule has 0 heterocycles. The van der Waals surface area contributed by atoms with Crippen LogP contribution in [0.3, 0.4) is 0 Å². The van der Waals surface area contributed by atoms with E-state index in [0.29, 0.717) is 32.5 Å². The first-order valence-corrected chi connectivity index (χ1v) is 13.6. The lowest BCUT2D eigenvalue weighted by Gasteiger charge is -2.87. The zero-order valence-corrected chi connectivity index (χ0v) is 22.9. The third-order valence-corrected chi connectivity index (χ3v) is 14.1. The zero-order chi connectivity index (χ0) is 22.9. The topological polar surface area (TPSA) is 0 Å². The van der Waals surface area contributed by atoms with Crippen LogP contribution < -0.4 is 0 Å². The van der Waals surface area contributed by atoms with E-state index < -0.39 is 0 Å².